The molecule has 0 saturated heterocycles. The second-order valence-corrected chi connectivity index (χ2v) is 10.7. The van der Waals surface area contributed by atoms with E-state index in [1.807, 2.05) is 0 Å². The third kappa shape index (κ3) is 24.5. The van der Waals surface area contributed by atoms with E-state index >= 15 is 0 Å². The molecule has 0 aromatic heterocycles. The summed E-state index contributed by atoms with van der Waals surface area (Å²) in [5, 5.41) is 27.5. The highest BCUT2D eigenvalue weighted by atomic mass is 16.4. The van der Waals surface area contributed by atoms with E-state index < -0.39 is 18.0 Å². The highest BCUT2D eigenvalue weighted by Gasteiger charge is 2.20. The van der Waals surface area contributed by atoms with Gasteiger partial charge in [-0.3, -0.25) is 4.79 Å². The first kappa shape index (κ1) is 33.4. The molecule has 4 nitrogen and oxygen atoms in total. The third-order valence-corrected chi connectivity index (χ3v) is 7.27. The van der Waals surface area contributed by atoms with Crippen LogP contribution in [0.2, 0.25) is 0 Å². The van der Waals surface area contributed by atoms with Crippen molar-refractivity contribution < 1.29 is 20.1 Å². The van der Waals surface area contributed by atoms with Gasteiger partial charge < -0.3 is 15.3 Å². The van der Waals surface area contributed by atoms with Gasteiger partial charge >= 0.3 is 5.97 Å². The number of rotatable bonds is 28. The summed E-state index contributed by atoms with van der Waals surface area (Å²) in [4.78, 5) is 11.2. The van der Waals surface area contributed by atoms with Crippen molar-refractivity contribution in [1.29, 1.82) is 0 Å². The van der Waals surface area contributed by atoms with Crippen LogP contribution in [0.5, 0.6) is 0 Å². The molecule has 0 aromatic rings. The van der Waals surface area contributed by atoms with Crippen molar-refractivity contribution in [2.24, 2.45) is 5.92 Å². The lowest BCUT2D eigenvalue weighted by Gasteiger charge is -2.15. The topological polar surface area (TPSA) is 77.8 Å². The highest BCUT2D eigenvalue weighted by Crippen LogP contribution is 2.18. The molecule has 0 aromatic carbocycles. The lowest BCUT2D eigenvalue weighted by molar-refractivity contribution is -0.143. The van der Waals surface area contributed by atoms with Crippen molar-refractivity contribution in [1.82, 2.24) is 0 Å². The Kier molecular flexibility index (Phi) is 26.5. The summed E-state index contributed by atoms with van der Waals surface area (Å²) in [6.07, 6.45) is 31.1. The molecule has 0 rings (SSSR count). The van der Waals surface area contributed by atoms with Gasteiger partial charge in [0, 0.05) is 0 Å². The van der Waals surface area contributed by atoms with Crippen molar-refractivity contribution in [2.75, 3.05) is 6.61 Å². The maximum atomic E-state index is 11.2. The zero-order chi connectivity index (χ0) is 25.1. The van der Waals surface area contributed by atoms with Crippen molar-refractivity contribution in [2.45, 2.75) is 174 Å². The van der Waals surface area contributed by atoms with E-state index in [9.17, 15) is 15.0 Å². The molecule has 34 heavy (non-hydrogen) atoms. The van der Waals surface area contributed by atoms with Crippen LogP contribution in [0, 0.1) is 5.92 Å². The van der Waals surface area contributed by atoms with Crippen molar-refractivity contribution in [3.63, 3.8) is 0 Å². The number of aliphatic hydroxyl groups excluding tert-OH is 2. The second kappa shape index (κ2) is 27.0. The van der Waals surface area contributed by atoms with Gasteiger partial charge in [-0.15, -0.1) is 0 Å². The maximum Gasteiger partial charge on any atom is 0.306 e. The fourth-order valence-corrected chi connectivity index (χ4v) is 4.92. The maximum absolute atomic E-state index is 11.2. The fourth-order valence-electron chi connectivity index (χ4n) is 4.92. The minimum Gasteiger partial charge on any atom is -0.481 e. The van der Waals surface area contributed by atoms with E-state index in [0.29, 0.717) is 6.42 Å². The van der Waals surface area contributed by atoms with Crippen LogP contribution in [0.15, 0.2) is 0 Å². The Bertz CT molecular complexity index is 413. The van der Waals surface area contributed by atoms with Crippen LogP contribution in [-0.4, -0.2) is 34.0 Å². The Balaban J connectivity index is 3.22. The van der Waals surface area contributed by atoms with Crippen LogP contribution in [-0.2, 0) is 4.79 Å². The van der Waals surface area contributed by atoms with E-state index in [0.717, 1.165) is 12.8 Å². The normalized spacial score (nSPS) is 13.3. The Hall–Kier alpha value is -0.610. The molecule has 4 heteroatoms. The predicted octanol–water partition coefficient (Wildman–Crippen LogP) is 8.81. The molecule has 0 aliphatic rings. The van der Waals surface area contributed by atoms with Gasteiger partial charge in [0.2, 0.25) is 0 Å². The zero-order valence-corrected chi connectivity index (χ0v) is 22.8. The summed E-state index contributed by atoms with van der Waals surface area (Å²) in [6.45, 7) is 1.93. The average Bonchev–Trinajstić information content (AvgIpc) is 2.83. The molecular formula is C30H60O4. The van der Waals surface area contributed by atoms with Crippen LogP contribution < -0.4 is 0 Å². The van der Waals surface area contributed by atoms with Crippen LogP contribution in [0.4, 0.5) is 0 Å². The van der Waals surface area contributed by atoms with Crippen LogP contribution in [0.1, 0.15) is 167 Å². The van der Waals surface area contributed by atoms with E-state index in [1.165, 1.54) is 135 Å². The number of carboxylic acids is 1. The standard InChI is InChI=1S/C30H60O4/c1-2-3-4-5-6-7-8-9-10-11-12-13-14-15-16-17-18-19-20-21-22-23-24-25-28(30(33)34)26-29(32)27-31/h28-29,31-32H,2-27H2,1H3,(H,33,34). The molecular weight excluding hydrogens is 424 g/mol. The first-order chi connectivity index (χ1) is 16.6. The fraction of sp³-hybridized carbons (Fsp3) is 0.967. The number of unbranched alkanes of at least 4 members (excludes halogenated alkanes) is 22. The Morgan fingerprint density at radius 2 is 0.853 bits per heavy atom. The largest absolute Gasteiger partial charge is 0.481 e. The van der Waals surface area contributed by atoms with Crippen molar-refractivity contribution in [3.8, 4) is 0 Å². The molecule has 0 bridgehead atoms. The first-order valence-corrected chi connectivity index (χ1v) is 15.1. The predicted molar refractivity (Wildman–Crippen MR) is 145 cm³/mol. The minimum absolute atomic E-state index is 0.158. The van der Waals surface area contributed by atoms with Crippen LogP contribution in [0.25, 0.3) is 0 Å². The Labute approximate surface area is 212 Å². The molecule has 0 spiro atoms. The monoisotopic (exact) mass is 484 g/mol. The number of carbonyl (C=O) groups is 1. The number of hydrogen-bond acceptors (Lipinski definition) is 3. The lowest BCUT2D eigenvalue weighted by Crippen LogP contribution is -2.23. The van der Waals surface area contributed by atoms with E-state index in [1.54, 1.807) is 0 Å². The lowest BCUT2D eigenvalue weighted by atomic mass is 9.94. The first-order valence-electron chi connectivity index (χ1n) is 15.1. The molecule has 3 N–H and O–H groups in total. The molecule has 0 fully saturated rings. The van der Waals surface area contributed by atoms with E-state index in [4.69, 9.17) is 5.11 Å². The SMILES string of the molecule is CCCCCCCCCCCCCCCCCCCCCCCCCC(CC(O)CO)C(=O)O. The molecule has 0 aliphatic heterocycles. The minimum atomic E-state index is -0.911. The molecule has 0 amide bonds. The summed E-state index contributed by atoms with van der Waals surface area (Å²) in [7, 11) is 0. The third-order valence-electron chi connectivity index (χ3n) is 7.27. The summed E-state index contributed by atoms with van der Waals surface area (Å²) in [5.74, 6) is -1.39. The molecule has 0 saturated carbocycles. The van der Waals surface area contributed by atoms with E-state index in [-0.39, 0.29) is 13.0 Å². The van der Waals surface area contributed by atoms with Gasteiger partial charge in [0.05, 0.1) is 18.6 Å². The Morgan fingerprint density at radius 3 is 1.12 bits per heavy atom. The van der Waals surface area contributed by atoms with Gasteiger partial charge in [0.1, 0.15) is 0 Å². The van der Waals surface area contributed by atoms with Gasteiger partial charge in [-0.05, 0) is 12.8 Å². The van der Waals surface area contributed by atoms with Gasteiger partial charge in [-0.2, -0.15) is 0 Å². The van der Waals surface area contributed by atoms with Gasteiger partial charge in [0.15, 0.2) is 0 Å². The average molecular weight is 485 g/mol. The summed E-state index contributed by atoms with van der Waals surface area (Å²) in [5.41, 5.74) is 0. The molecule has 2 unspecified atom stereocenters. The smallest absolute Gasteiger partial charge is 0.306 e. The van der Waals surface area contributed by atoms with Gasteiger partial charge in [0.25, 0.3) is 0 Å². The number of carboxylic acid groups (broad SMARTS) is 1. The summed E-state index contributed by atoms with van der Waals surface area (Å²) < 4.78 is 0. The molecule has 0 radical (unpaired) electrons. The molecule has 0 heterocycles. The molecule has 2 atom stereocenters. The van der Waals surface area contributed by atoms with Crippen molar-refractivity contribution >= 4 is 5.97 Å². The van der Waals surface area contributed by atoms with Crippen molar-refractivity contribution in [3.05, 3.63) is 0 Å². The van der Waals surface area contributed by atoms with Crippen LogP contribution in [0.3, 0.4) is 0 Å². The summed E-state index contributed by atoms with van der Waals surface area (Å²) in [6, 6.07) is 0. The van der Waals surface area contributed by atoms with Gasteiger partial charge in [-0.25, -0.2) is 0 Å². The summed E-state index contributed by atoms with van der Waals surface area (Å²) >= 11 is 0. The Morgan fingerprint density at radius 1 is 0.559 bits per heavy atom. The highest BCUT2D eigenvalue weighted by molar-refractivity contribution is 5.69. The van der Waals surface area contributed by atoms with E-state index in [2.05, 4.69) is 6.92 Å². The molecule has 0 aliphatic carbocycles. The number of hydrogen-bond donors (Lipinski definition) is 3. The van der Waals surface area contributed by atoms with Crippen LogP contribution >= 0.6 is 0 Å². The number of aliphatic carboxylic acids is 1. The molecule has 204 valence electrons. The zero-order valence-electron chi connectivity index (χ0n) is 22.8. The second-order valence-electron chi connectivity index (χ2n) is 10.7. The number of aliphatic hydroxyl groups is 2. The van der Waals surface area contributed by atoms with Gasteiger partial charge in [-0.1, -0.05) is 155 Å². The quantitative estimate of drug-likeness (QED) is 0.0969.